The van der Waals surface area contributed by atoms with Gasteiger partial charge >= 0.3 is 0 Å². The molecular formula is C21H33IN4O2. The number of benzene rings is 1. The summed E-state index contributed by atoms with van der Waals surface area (Å²) in [5.41, 5.74) is 3.23. The van der Waals surface area contributed by atoms with Gasteiger partial charge in [0.1, 0.15) is 11.5 Å². The summed E-state index contributed by atoms with van der Waals surface area (Å²) in [6, 6.07) is 6.30. The molecule has 0 saturated carbocycles. The SMILES string of the molecule is CCCCCOc1cc(C)ccc1CNC(=NC)NCc1nc(C)c(C)o1.I. The van der Waals surface area contributed by atoms with Gasteiger partial charge in [0.05, 0.1) is 18.8 Å². The Hall–Kier alpha value is -1.77. The number of hydrogen-bond acceptors (Lipinski definition) is 4. The third-order valence-electron chi connectivity index (χ3n) is 4.38. The van der Waals surface area contributed by atoms with Gasteiger partial charge in [-0.3, -0.25) is 4.99 Å². The minimum atomic E-state index is 0. The largest absolute Gasteiger partial charge is 0.493 e. The lowest BCUT2D eigenvalue weighted by atomic mass is 10.1. The van der Waals surface area contributed by atoms with Crippen LogP contribution < -0.4 is 15.4 Å². The molecule has 1 aromatic carbocycles. The second-order valence-electron chi connectivity index (χ2n) is 6.70. The summed E-state index contributed by atoms with van der Waals surface area (Å²) in [4.78, 5) is 8.64. The number of nitrogens with one attached hydrogen (secondary N) is 2. The number of halogens is 1. The number of ether oxygens (including phenoxy) is 1. The van der Waals surface area contributed by atoms with Crippen molar-refractivity contribution in [2.45, 2.75) is 60.0 Å². The van der Waals surface area contributed by atoms with Crippen molar-refractivity contribution in [3.05, 3.63) is 46.7 Å². The van der Waals surface area contributed by atoms with E-state index < -0.39 is 0 Å². The van der Waals surface area contributed by atoms with E-state index >= 15 is 0 Å². The van der Waals surface area contributed by atoms with Crippen molar-refractivity contribution in [1.82, 2.24) is 15.6 Å². The van der Waals surface area contributed by atoms with Crippen LogP contribution in [0.3, 0.4) is 0 Å². The number of oxazole rings is 1. The number of aryl methyl sites for hydroxylation is 3. The molecule has 0 amide bonds. The standard InChI is InChI=1S/C21H32N4O2.HI/c1-6-7-8-11-26-19-12-15(2)9-10-18(19)13-23-21(22-5)24-14-20-25-16(3)17(4)27-20;/h9-10,12H,6-8,11,13-14H2,1-5H3,(H2,22,23,24);1H. The van der Waals surface area contributed by atoms with Gasteiger partial charge < -0.3 is 19.8 Å². The van der Waals surface area contributed by atoms with Crippen molar-refractivity contribution < 1.29 is 9.15 Å². The van der Waals surface area contributed by atoms with Crippen LogP contribution in [0, 0.1) is 20.8 Å². The lowest BCUT2D eigenvalue weighted by molar-refractivity contribution is 0.303. The molecule has 7 heteroatoms. The van der Waals surface area contributed by atoms with Gasteiger partial charge in [0.15, 0.2) is 5.96 Å². The molecule has 0 bridgehead atoms. The van der Waals surface area contributed by atoms with Crippen molar-refractivity contribution in [2.24, 2.45) is 4.99 Å². The van der Waals surface area contributed by atoms with Crippen LogP contribution in [-0.4, -0.2) is 24.6 Å². The van der Waals surface area contributed by atoms with Crippen LogP contribution in [-0.2, 0) is 13.1 Å². The van der Waals surface area contributed by atoms with Crippen LogP contribution in [0.2, 0.25) is 0 Å². The van der Waals surface area contributed by atoms with E-state index in [-0.39, 0.29) is 24.0 Å². The lowest BCUT2D eigenvalue weighted by Crippen LogP contribution is -2.36. The molecular weight excluding hydrogens is 467 g/mol. The highest BCUT2D eigenvalue weighted by Gasteiger charge is 2.08. The van der Waals surface area contributed by atoms with Gasteiger partial charge in [0, 0.05) is 19.2 Å². The van der Waals surface area contributed by atoms with Crippen LogP contribution in [0.15, 0.2) is 27.6 Å². The summed E-state index contributed by atoms with van der Waals surface area (Å²) in [6.07, 6.45) is 3.46. The molecule has 0 radical (unpaired) electrons. The van der Waals surface area contributed by atoms with E-state index in [0.29, 0.717) is 24.9 Å². The van der Waals surface area contributed by atoms with Gasteiger partial charge in [-0.2, -0.15) is 0 Å². The molecule has 2 aromatic rings. The Labute approximate surface area is 185 Å². The fourth-order valence-corrected chi connectivity index (χ4v) is 2.65. The number of aliphatic imine (C=N–C) groups is 1. The summed E-state index contributed by atoms with van der Waals surface area (Å²) in [5.74, 6) is 3.14. The third kappa shape index (κ3) is 7.69. The summed E-state index contributed by atoms with van der Waals surface area (Å²) in [7, 11) is 1.75. The molecule has 0 unspecified atom stereocenters. The normalized spacial score (nSPS) is 11.1. The number of guanidine groups is 1. The molecule has 0 spiro atoms. The Morgan fingerprint density at radius 3 is 2.54 bits per heavy atom. The molecule has 0 saturated heterocycles. The molecule has 6 nitrogen and oxygen atoms in total. The molecule has 28 heavy (non-hydrogen) atoms. The maximum atomic E-state index is 6.01. The van der Waals surface area contributed by atoms with E-state index in [0.717, 1.165) is 35.8 Å². The lowest BCUT2D eigenvalue weighted by Gasteiger charge is -2.15. The van der Waals surface area contributed by atoms with Gasteiger partial charge in [0.2, 0.25) is 5.89 Å². The van der Waals surface area contributed by atoms with Crippen molar-refractivity contribution >= 4 is 29.9 Å². The molecule has 0 fully saturated rings. The first-order valence-corrected chi connectivity index (χ1v) is 9.63. The maximum absolute atomic E-state index is 6.01. The second kappa shape index (κ2) is 12.6. The summed E-state index contributed by atoms with van der Waals surface area (Å²) >= 11 is 0. The summed E-state index contributed by atoms with van der Waals surface area (Å²) in [6.45, 7) is 10.0. The molecule has 0 aliphatic rings. The first kappa shape index (κ1) is 24.3. The molecule has 0 aliphatic carbocycles. The van der Waals surface area contributed by atoms with Gasteiger partial charge in [-0.15, -0.1) is 24.0 Å². The number of aromatic nitrogens is 1. The van der Waals surface area contributed by atoms with E-state index in [9.17, 15) is 0 Å². The average molecular weight is 500 g/mol. The van der Waals surface area contributed by atoms with E-state index in [4.69, 9.17) is 9.15 Å². The van der Waals surface area contributed by atoms with Crippen molar-refractivity contribution in [3.63, 3.8) is 0 Å². The molecule has 156 valence electrons. The van der Waals surface area contributed by atoms with Crippen LogP contribution in [0.25, 0.3) is 0 Å². The van der Waals surface area contributed by atoms with Gasteiger partial charge in [-0.1, -0.05) is 31.9 Å². The van der Waals surface area contributed by atoms with Gasteiger partial charge in [0.25, 0.3) is 0 Å². The van der Waals surface area contributed by atoms with Gasteiger partial charge in [-0.05, 0) is 38.8 Å². The van der Waals surface area contributed by atoms with Crippen LogP contribution in [0.4, 0.5) is 0 Å². The minimum absolute atomic E-state index is 0. The Balaban J connectivity index is 0.00000392. The van der Waals surface area contributed by atoms with E-state index in [2.05, 4.69) is 52.7 Å². The van der Waals surface area contributed by atoms with E-state index in [1.165, 1.54) is 18.4 Å². The Bertz CT molecular complexity index is 739. The van der Waals surface area contributed by atoms with E-state index in [1.807, 2.05) is 13.8 Å². The van der Waals surface area contributed by atoms with E-state index in [1.54, 1.807) is 7.05 Å². The topological polar surface area (TPSA) is 71.7 Å². The molecule has 2 N–H and O–H groups in total. The highest BCUT2D eigenvalue weighted by molar-refractivity contribution is 14.0. The van der Waals surface area contributed by atoms with Crippen molar-refractivity contribution in [1.29, 1.82) is 0 Å². The highest BCUT2D eigenvalue weighted by Crippen LogP contribution is 2.20. The summed E-state index contributed by atoms with van der Waals surface area (Å²) < 4.78 is 11.6. The predicted octanol–water partition coefficient (Wildman–Crippen LogP) is 4.65. The average Bonchev–Trinajstić information content (AvgIpc) is 2.98. The third-order valence-corrected chi connectivity index (χ3v) is 4.38. The first-order chi connectivity index (χ1) is 13.0. The van der Waals surface area contributed by atoms with Gasteiger partial charge in [-0.25, -0.2) is 4.98 Å². The zero-order valence-electron chi connectivity index (χ0n) is 17.6. The molecule has 0 aliphatic heterocycles. The van der Waals surface area contributed by atoms with Crippen molar-refractivity contribution in [3.8, 4) is 5.75 Å². The predicted molar refractivity (Wildman–Crippen MR) is 125 cm³/mol. The Morgan fingerprint density at radius 2 is 1.89 bits per heavy atom. The number of rotatable bonds is 9. The van der Waals surface area contributed by atoms with Crippen LogP contribution in [0.1, 0.15) is 54.7 Å². The quantitative estimate of drug-likeness (QED) is 0.227. The number of hydrogen-bond donors (Lipinski definition) is 2. The monoisotopic (exact) mass is 500 g/mol. The summed E-state index contributed by atoms with van der Waals surface area (Å²) in [5, 5.41) is 6.56. The fraction of sp³-hybridized carbons (Fsp3) is 0.524. The number of unbranched alkanes of at least 4 members (excludes halogenated alkanes) is 2. The molecule has 2 rings (SSSR count). The zero-order chi connectivity index (χ0) is 19.6. The maximum Gasteiger partial charge on any atom is 0.214 e. The zero-order valence-corrected chi connectivity index (χ0v) is 19.9. The Morgan fingerprint density at radius 1 is 1.14 bits per heavy atom. The van der Waals surface area contributed by atoms with Crippen LogP contribution in [0.5, 0.6) is 5.75 Å². The molecule has 1 heterocycles. The number of nitrogens with zero attached hydrogens (tertiary/aromatic N) is 2. The van der Waals surface area contributed by atoms with Crippen LogP contribution >= 0.6 is 24.0 Å². The first-order valence-electron chi connectivity index (χ1n) is 9.63. The minimum Gasteiger partial charge on any atom is -0.493 e. The fourth-order valence-electron chi connectivity index (χ4n) is 2.65. The molecule has 1 aromatic heterocycles. The Kier molecular flexibility index (Phi) is 11.0. The smallest absolute Gasteiger partial charge is 0.214 e. The second-order valence-corrected chi connectivity index (χ2v) is 6.70. The molecule has 0 atom stereocenters. The van der Waals surface area contributed by atoms with Crippen molar-refractivity contribution in [2.75, 3.05) is 13.7 Å². The highest BCUT2D eigenvalue weighted by atomic mass is 127.